The summed E-state index contributed by atoms with van der Waals surface area (Å²) in [6.07, 6.45) is 0.670. The monoisotopic (exact) mass is 434 g/mol. The summed E-state index contributed by atoms with van der Waals surface area (Å²) in [5, 5.41) is 0. The summed E-state index contributed by atoms with van der Waals surface area (Å²) in [4.78, 5) is 15.2. The Morgan fingerprint density at radius 1 is 0.968 bits per heavy atom. The SMILES string of the molecule is CC(C)N(C(=O)c1cccc(S(=O)(=O)N2c3ccccc3CC2C)c1)c1ccccc1. The van der Waals surface area contributed by atoms with E-state index in [1.54, 1.807) is 23.1 Å². The van der Waals surface area contributed by atoms with E-state index in [0.717, 1.165) is 11.3 Å². The Morgan fingerprint density at radius 3 is 2.35 bits per heavy atom. The molecule has 31 heavy (non-hydrogen) atoms. The molecule has 0 spiro atoms. The maximum Gasteiger partial charge on any atom is 0.264 e. The van der Waals surface area contributed by atoms with Crippen LogP contribution in [0.5, 0.6) is 0 Å². The summed E-state index contributed by atoms with van der Waals surface area (Å²) < 4.78 is 28.6. The first kappa shape index (κ1) is 21.1. The van der Waals surface area contributed by atoms with E-state index in [1.165, 1.54) is 10.4 Å². The second kappa shape index (κ2) is 8.19. The first-order valence-corrected chi connectivity index (χ1v) is 11.9. The van der Waals surface area contributed by atoms with Crippen LogP contribution in [0, 0.1) is 0 Å². The minimum absolute atomic E-state index is 0.0827. The third-order valence-electron chi connectivity index (χ3n) is 5.55. The van der Waals surface area contributed by atoms with Gasteiger partial charge in [-0.2, -0.15) is 0 Å². The molecule has 1 amide bonds. The Bertz CT molecular complexity index is 1210. The van der Waals surface area contributed by atoms with E-state index in [0.29, 0.717) is 17.7 Å². The topological polar surface area (TPSA) is 57.7 Å². The highest BCUT2D eigenvalue weighted by Gasteiger charge is 2.36. The number of carbonyl (C=O) groups excluding carboxylic acids is 1. The van der Waals surface area contributed by atoms with Crippen LogP contribution in [-0.2, 0) is 16.4 Å². The van der Waals surface area contributed by atoms with Crippen LogP contribution in [0.1, 0.15) is 36.7 Å². The second-order valence-corrected chi connectivity index (χ2v) is 9.93. The zero-order valence-corrected chi connectivity index (χ0v) is 18.7. The Kier molecular flexibility index (Phi) is 5.58. The van der Waals surface area contributed by atoms with Gasteiger partial charge in [0.25, 0.3) is 15.9 Å². The number of nitrogens with zero attached hydrogens (tertiary/aromatic N) is 2. The molecular weight excluding hydrogens is 408 g/mol. The lowest BCUT2D eigenvalue weighted by Crippen LogP contribution is -2.38. The number of sulfonamides is 1. The molecule has 0 aliphatic carbocycles. The Labute approximate surface area is 184 Å². The van der Waals surface area contributed by atoms with Crippen molar-refractivity contribution >= 4 is 27.3 Å². The van der Waals surface area contributed by atoms with Crippen molar-refractivity contribution in [2.75, 3.05) is 9.21 Å². The molecule has 160 valence electrons. The largest absolute Gasteiger partial charge is 0.306 e. The summed E-state index contributed by atoms with van der Waals surface area (Å²) in [6, 6.07) is 23.1. The lowest BCUT2D eigenvalue weighted by molar-refractivity contribution is 0.0980. The van der Waals surface area contributed by atoms with Crippen molar-refractivity contribution in [1.82, 2.24) is 0 Å². The zero-order valence-electron chi connectivity index (χ0n) is 17.9. The smallest absolute Gasteiger partial charge is 0.264 e. The molecule has 1 heterocycles. The third-order valence-corrected chi connectivity index (χ3v) is 7.48. The molecule has 1 aliphatic rings. The highest BCUT2D eigenvalue weighted by molar-refractivity contribution is 7.92. The van der Waals surface area contributed by atoms with Crippen molar-refractivity contribution < 1.29 is 13.2 Å². The Balaban J connectivity index is 1.72. The molecule has 1 aliphatic heterocycles. The quantitative estimate of drug-likeness (QED) is 0.575. The van der Waals surface area contributed by atoms with Gasteiger partial charge in [-0.25, -0.2) is 8.42 Å². The first-order chi connectivity index (χ1) is 14.8. The molecule has 0 fully saturated rings. The molecule has 4 rings (SSSR count). The van der Waals surface area contributed by atoms with Crippen LogP contribution in [0.2, 0.25) is 0 Å². The van der Waals surface area contributed by atoms with Gasteiger partial charge in [0.2, 0.25) is 0 Å². The lowest BCUT2D eigenvalue weighted by atomic mass is 10.1. The Morgan fingerprint density at radius 2 is 1.65 bits per heavy atom. The lowest BCUT2D eigenvalue weighted by Gasteiger charge is -2.28. The molecule has 0 saturated carbocycles. The van der Waals surface area contributed by atoms with E-state index in [-0.39, 0.29) is 22.9 Å². The molecule has 0 saturated heterocycles. The van der Waals surface area contributed by atoms with Crippen LogP contribution < -0.4 is 9.21 Å². The molecule has 1 unspecified atom stereocenters. The third kappa shape index (κ3) is 3.83. The summed E-state index contributed by atoms with van der Waals surface area (Å²) in [6.45, 7) is 5.78. The van der Waals surface area contributed by atoms with E-state index in [2.05, 4.69) is 0 Å². The molecule has 0 aromatic heterocycles. The standard InChI is InChI=1S/C25H26N2O3S/c1-18(2)26(22-12-5-4-6-13-22)25(28)21-11-9-14-23(17-21)31(29,30)27-19(3)16-20-10-7-8-15-24(20)27/h4-15,17-19H,16H2,1-3H3. The van der Waals surface area contributed by atoms with Crippen LogP contribution >= 0.6 is 0 Å². The number of hydrogen-bond acceptors (Lipinski definition) is 3. The van der Waals surface area contributed by atoms with E-state index >= 15 is 0 Å². The van der Waals surface area contributed by atoms with Gasteiger partial charge in [0.05, 0.1) is 10.6 Å². The predicted molar refractivity (Wildman–Crippen MR) is 124 cm³/mol. The van der Waals surface area contributed by atoms with Crippen molar-refractivity contribution in [3.63, 3.8) is 0 Å². The predicted octanol–water partition coefficient (Wildman–Crippen LogP) is 4.88. The van der Waals surface area contributed by atoms with E-state index in [1.807, 2.05) is 75.4 Å². The number of benzene rings is 3. The number of anilines is 2. The second-order valence-electron chi connectivity index (χ2n) is 8.12. The van der Waals surface area contributed by atoms with Gasteiger partial charge in [0.1, 0.15) is 0 Å². The molecule has 0 radical (unpaired) electrons. The van der Waals surface area contributed by atoms with E-state index in [4.69, 9.17) is 0 Å². The molecule has 5 nitrogen and oxygen atoms in total. The zero-order chi connectivity index (χ0) is 22.2. The van der Waals surface area contributed by atoms with Crippen molar-refractivity contribution in [3.05, 3.63) is 90.0 Å². The van der Waals surface area contributed by atoms with Gasteiger partial charge < -0.3 is 4.90 Å². The molecule has 3 aromatic rings. The fourth-order valence-corrected chi connectivity index (χ4v) is 5.92. The van der Waals surface area contributed by atoms with Crippen LogP contribution in [-0.4, -0.2) is 26.4 Å². The van der Waals surface area contributed by atoms with Crippen LogP contribution in [0.15, 0.2) is 83.8 Å². The summed E-state index contributed by atoms with van der Waals surface area (Å²) in [7, 11) is -3.81. The minimum atomic E-state index is -3.81. The maximum absolute atomic E-state index is 13.6. The van der Waals surface area contributed by atoms with Gasteiger partial charge in [-0.05, 0) is 69.2 Å². The van der Waals surface area contributed by atoms with Crippen molar-refractivity contribution in [2.24, 2.45) is 0 Å². The normalized spacial score (nSPS) is 15.7. The number of rotatable bonds is 5. The van der Waals surface area contributed by atoms with Gasteiger partial charge in [-0.1, -0.05) is 42.5 Å². The molecule has 3 aromatic carbocycles. The minimum Gasteiger partial charge on any atom is -0.306 e. The van der Waals surface area contributed by atoms with Gasteiger partial charge in [-0.3, -0.25) is 9.10 Å². The highest BCUT2D eigenvalue weighted by Crippen LogP contribution is 2.36. The summed E-state index contributed by atoms with van der Waals surface area (Å²) in [5.41, 5.74) is 2.84. The molecule has 1 atom stereocenters. The van der Waals surface area contributed by atoms with Crippen molar-refractivity contribution in [2.45, 2.75) is 44.2 Å². The molecule has 0 N–H and O–H groups in total. The van der Waals surface area contributed by atoms with E-state index < -0.39 is 10.0 Å². The van der Waals surface area contributed by atoms with Gasteiger partial charge in [-0.15, -0.1) is 0 Å². The van der Waals surface area contributed by atoms with Crippen LogP contribution in [0.4, 0.5) is 11.4 Å². The Hall–Kier alpha value is -3.12. The van der Waals surface area contributed by atoms with Crippen molar-refractivity contribution in [1.29, 1.82) is 0 Å². The molecule has 6 heteroatoms. The average molecular weight is 435 g/mol. The summed E-state index contributed by atoms with van der Waals surface area (Å²) in [5.74, 6) is -0.229. The highest BCUT2D eigenvalue weighted by atomic mass is 32.2. The number of hydrogen-bond donors (Lipinski definition) is 0. The van der Waals surface area contributed by atoms with Crippen molar-refractivity contribution in [3.8, 4) is 0 Å². The first-order valence-electron chi connectivity index (χ1n) is 10.4. The number of para-hydroxylation sites is 2. The van der Waals surface area contributed by atoms with Gasteiger partial charge >= 0.3 is 0 Å². The van der Waals surface area contributed by atoms with Gasteiger partial charge in [0, 0.05) is 23.3 Å². The van der Waals surface area contributed by atoms with E-state index in [9.17, 15) is 13.2 Å². The van der Waals surface area contributed by atoms with Crippen LogP contribution in [0.3, 0.4) is 0 Å². The molecule has 0 bridgehead atoms. The maximum atomic E-state index is 13.6. The fourth-order valence-electron chi connectivity index (χ4n) is 4.18. The number of fused-ring (bicyclic) bond motifs is 1. The fraction of sp³-hybridized carbons (Fsp3) is 0.240. The average Bonchev–Trinajstić information content (AvgIpc) is 3.11. The number of amides is 1. The summed E-state index contributed by atoms with van der Waals surface area (Å²) >= 11 is 0. The molecular formula is C25H26N2O3S. The van der Waals surface area contributed by atoms with Gasteiger partial charge in [0.15, 0.2) is 0 Å². The number of carbonyl (C=O) groups is 1. The van der Waals surface area contributed by atoms with Crippen LogP contribution in [0.25, 0.3) is 0 Å².